The van der Waals surface area contributed by atoms with Crippen molar-refractivity contribution in [3.05, 3.63) is 33.6 Å². The number of nitrogens with zero attached hydrogens (tertiary/aromatic N) is 2. The topological polar surface area (TPSA) is 50.1 Å². The highest BCUT2D eigenvalue weighted by Crippen LogP contribution is 2.12. The number of aliphatic hydroxyl groups is 1. The average molecular weight is 239 g/mol. The lowest BCUT2D eigenvalue weighted by Crippen LogP contribution is -2.35. The van der Waals surface area contributed by atoms with E-state index in [9.17, 15) is 0 Å². The first-order chi connectivity index (χ1) is 7.70. The van der Waals surface area contributed by atoms with E-state index in [1.807, 2.05) is 13.0 Å². The van der Waals surface area contributed by atoms with Gasteiger partial charge in [-0.15, -0.1) is 0 Å². The van der Waals surface area contributed by atoms with Crippen LogP contribution in [0.15, 0.2) is 16.1 Å². The van der Waals surface area contributed by atoms with Crippen LogP contribution in [0.5, 0.6) is 0 Å². The molecule has 0 saturated carbocycles. The van der Waals surface area contributed by atoms with Crippen LogP contribution in [0, 0.1) is 13.8 Å². The normalized spacial score (nSPS) is 10.9. The molecule has 0 fully saturated rings. The van der Waals surface area contributed by atoms with Gasteiger partial charge in [-0.05, 0) is 6.92 Å². The van der Waals surface area contributed by atoms with Crippen LogP contribution in [0.3, 0.4) is 0 Å². The first-order valence-electron chi connectivity index (χ1n) is 5.20. The molecule has 86 valence electrons. The van der Waals surface area contributed by atoms with Crippen LogP contribution >= 0.6 is 11.3 Å². The molecule has 0 unspecified atom stereocenters. The van der Waals surface area contributed by atoms with E-state index >= 15 is 0 Å². The van der Waals surface area contributed by atoms with E-state index < -0.39 is 0 Å². The minimum Gasteiger partial charge on any atom is -0.396 e. The fourth-order valence-corrected chi connectivity index (χ4v) is 2.60. The smallest absolute Gasteiger partial charge is 0.225 e. The number of aliphatic hydroxyl groups excluding tert-OH is 1. The summed E-state index contributed by atoms with van der Waals surface area (Å²) in [7, 11) is 0. The van der Waals surface area contributed by atoms with Crippen LogP contribution in [0.1, 0.15) is 22.0 Å². The molecule has 0 aliphatic rings. The van der Waals surface area contributed by atoms with Crippen molar-refractivity contribution in [3.8, 4) is 0 Å². The highest BCUT2D eigenvalue weighted by molar-refractivity contribution is 7.09. The van der Waals surface area contributed by atoms with E-state index in [0.717, 1.165) is 24.4 Å². The molecule has 0 bridgehead atoms. The predicted octanol–water partition coefficient (Wildman–Crippen LogP) is 1.22. The van der Waals surface area contributed by atoms with Gasteiger partial charge < -0.3 is 9.63 Å². The molecule has 2 aromatic heterocycles. The van der Waals surface area contributed by atoms with Gasteiger partial charge in [-0.2, -0.15) is 4.57 Å². The van der Waals surface area contributed by atoms with E-state index in [1.165, 1.54) is 10.6 Å². The van der Waals surface area contributed by atoms with Crippen LogP contribution in [-0.4, -0.2) is 16.9 Å². The van der Waals surface area contributed by atoms with Crippen molar-refractivity contribution in [3.63, 3.8) is 0 Å². The minimum atomic E-state index is 0.199. The van der Waals surface area contributed by atoms with Crippen LogP contribution < -0.4 is 4.57 Å². The van der Waals surface area contributed by atoms with Crippen molar-refractivity contribution in [2.45, 2.75) is 26.8 Å². The molecule has 0 aliphatic heterocycles. The zero-order valence-corrected chi connectivity index (χ0v) is 10.3. The molecule has 16 heavy (non-hydrogen) atoms. The number of aromatic nitrogens is 2. The van der Waals surface area contributed by atoms with Crippen LogP contribution in [-0.2, 0) is 13.0 Å². The Bertz CT molecular complexity index is 476. The largest absolute Gasteiger partial charge is 0.396 e. The lowest BCUT2D eigenvalue weighted by atomic mass is 10.3. The minimum absolute atomic E-state index is 0.199. The second kappa shape index (κ2) is 4.76. The maximum atomic E-state index is 8.92. The van der Waals surface area contributed by atoms with E-state index in [2.05, 4.69) is 22.2 Å². The van der Waals surface area contributed by atoms with Gasteiger partial charge in [0.15, 0.2) is 12.2 Å². The predicted molar refractivity (Wildman–Crippen MR) is 60.4 cm³/mol. The van der Waals surface area contributed by atoms with Gasteiger partial charge in [0.2, 0.25) is 5.51 Å². The second-order valence-electron chi connectivity index (χ2n) is 3.76. The molecule has 1 N–H and O–H groups in total. The van der Waals surface area contributed by atoms with Gasteiger partial charge in [0.25, 0.3) is 0 Å². The zero-order valence-electron chi connectivity index (χ0n) is 9.43. The summed E-state index contributed by atoms with van der Waals surface area (Å²) in [6.07, 6.45) is 0.724. The molecule has 0 atom stereocenters. The molecule has 2 rings (SSSR count). The van der Waals surface area contributed by atoms with Gasteiger partial charge in [0, 0.05) is 26.0 Å². The summed E-state index contributed by atoms with van der Waals surface area (Å²) in [5, 5.41) is 12.9. The number of thiazole rings is 1. The molecule has 0 radical (unpaired) electrons. The number of hydrogen-bond acceptors (Lipinski definition) is 4. The van der Waals surface area contributed by atoms with Gasteiger partial charge in [-0.1, -0.05) is 16.5 Å². The zero-order chi connectivity index (χ0) is 11.5. The van der Waals surface area contributed by atoms with Gasteiger partial charge >= 0.3 is 0 Å². The Kier molecular flexibility index (Phi) is 3.36. The van der Waals surface area contributed by atoms with Crippen molar-refractivity contribution in [2.24, 2.45) is 0 Å². The van der Waals surface area contributed by atoms with Crippen LogP contribution in [0.2, 0.25) is 0 Å². The quantitative estimate of drug-likeness (QED) is 0.816. The van der Waals surface area contributed by atoms with Crippen molar-refractivity contribution in [1.82, 2.24) is 5.16 Å². The Morgan fingerprint density at radius 3 is 2.94 bits per heavy atom. The molecule has 5 heteroatoms. The third kappa shape index (κ3) is 2.31. The third-order valence-electron chi connectivity index (χ3n) is 2.50. The maximum Gasteiger partial charge on any atom is 0.225 e. The molecular formula is C11H15N2O2S+. The molecule has 2 aromatic rings. The summed E-state index contributed by atoms with van der Waals surface area (Å²) in [6.45, 7) is 4.88. The summed E-state index contributed by atoms with van der Waals surface area (Å²) in [4.78, 5) is 1.22. The Morgan fingerprint density at radius 2 is 2.31 bits per heavy atom. The number of rotatable bonds is 4. The first-order valence-corrected chi connectivity index (χ1v) is 6.08. The van der Waals surface area contributed by atoms with Crippen molar-refractivity contribution in [1.29, 1.82) is 0 Å². The molecule has 0 aromatic carbocycles. The Morgan fingerprint density at radius 1 is 1.50 bits per heavy atom. The summed E-state index contributed by atoms with van der Waals surface area (Å²) in [5.74, 6) is 0.832. The van der Waals surface area contributed by atoms with E-state index in [0.29, 0.717) is 0 Å². The van der Waals surface area contributed by atoms with E-state index in [-0.39, 0.29) is 6.61 Å². The fourth-order valence-electron chi connectivity index (χ4n) is 1.62. The van der Waals surface area contributed by atoms with Gasteiger partial charge in [0.05, 0.1) is 4.88 Å². The molecular weight excluding hydrogens is 224 g/mol. The second-order valence-corrected chi connectivity index (χ2v) is 4.70. The Balaban J connectivity index is 2.15. The molecule has 2 heterocycles. The van der Waals surface area contributed by atoms with Crippen molar-refractivity contribution >= 4 is 11.3 Å². The molecule has 0 aliphatic carbocycles. The van der Waals surface area contributed by atoms with Gasteiger partial charge in [-0.25, -0.2) is 0 Å². The lowest BCUT2D eigenvalue weighted by molar-refractivity contribution is -0.690. The summed E-state index contributed by atoms with van der Waals surface area (Å²) in [5.41, 5.74) is 4.18. The monoisotopic (exact) mass is 239 g/mol. The number of aryl methyl sites for hydroxylation is 1. The molecule has 0 spiro atoms. The number of hydrogen-bond donors (Lipinski definition) is 1. The lowest BCUT2D eigenvalue weighted by Gasteiger charge is -1.93. The standard InChI is InChI=1S/C11H15N2O2S/c1-8-5-10(12-15-8)6-13-7-16-11(3-4-14)9(13)2/h5,7,14H,3-4,6H2,1-2H3/q+1. The van der Waals surface area contributed by atoms with E-state index in [4.69, 9.17) is 9.63 Å². The summed E-state index contributed by atoms with van der Waals surface area (Å²) in [6, 6.07) is 1.94. The molecule has 0 amide bonds. The SMILES string of the molecule is Cc1cc(C[n+]2csc(CCO)c2C)no1. The molecule has 0 saturated heterocycles. The first kappa shape index (κ1) is 11.3. The van der Waals surface area contributed by atoms with Crippen molar-refractivity contribution in [2.75, 3.05) is 6.61 Å². The van der Waals surface area contributed by atoms with Crippen LogP contribution in [0.4, 0.5) is 0 Å². The highest BCUT2D eigenvalue weighted by atomic mass is 32.1. The summed E-state index contributed by atoms with van der Waals surface area (Å²) < 4.78 is 7.16. The highest BCUT2D eigenvalue weighted by Gasteiger charge is 2.16. The van der Waals surface area contributed by atoms with Crippen molar-refractivity contribution < 1.29 is 14.2 Å². The van der Waals surface area contributed by atoms with Gasteiger partial charge in [-0.3, -0.25) is 0 Å². The molecule has 4 nitrogen and oxygen atoms in total. The third-order valence-corrected chi connectivity index (χ3v) is 3.65. The maximum absolute atomic E-state index is 8.92. The average Bonchev–Trinajstić information content (AvgIpc) is 2.80. The summed E-state index contributed by atoms with van der Waals surface area (Å²) >= 11 is 1.67. The van der Waals surface area contributed by atoms with E-state index in [1.54, 1.807) is 11.3 Å². The Hall–Kier alpha value is -1.20. The van der Waals surface area contributed by atoms with Gasteiger partial charge in [0.1, 0.15) is 11.5 Å². The fraction of sp³-hybridized carbons (Fsp3) is 0.455. The Labute approximate surface area is 98.1 Å². The van der Waals surface area contributed by atoms with Crippen LogP contribution in [0.25, 0.3) is 0 Å².